The van der Waals surface area contributed by atoms with E-state index in [0.29, 0.717) is 19.8 Å². The third-order valence-electron chi connectivity index (χ3n) is 3.09. The van der Waals surface area contributed by atoms with Gasteiger partial charge in [0.1, 0.15) is 11.5 Å². The van der Waals surface area contributed by atoms with Crippen LogP contribution in [0.4, 0.5) is 8.78 Å². The molecule has 6 nitrogen and oxygen atoms in total. The molecule has 118 valence electrons. The Kier molecular flexibility index (Phi) is 5.09. The zero-order valence-electron chi connectivity index (χ0n) is 11.2. The third-order valence-corrected chi connectivity index (χ3v) is 4.02. The molecule has 0 amide bonds. The third kappa shape index (κ3) is 4.10. The molecule has 2 N–H and O–H groups in total. The number of sulfonamides is 1. The summed E-state index contributed by atoms with van der Waals surface area (Å²) in [7, 11) is -4.30. The summed E-state index contributed by atoms with van der Waals surface area (Å²) in [4.78, 5) is 1.18. The van der Waals surface area contributed by atoms with Gasteiger partial charge >= 0.3 is 0 Å². The summed E-state index contributed by atoms with van der Waals surface area (Å²) in [6.45, 7) is 3.47. The number of nitrogens with two attached hydrogens (primary N) is 1. The van der Waals surface area contributed by atoms with Gasteiger partial charge in [-0.15, -0.1) is 0 Å². The molecule has 0 radical (unpaired) electrons. The molecule has 1 aromatic rings. The molecule has 0 aromatic heterocycles. The van der Waals surface area contributed by atoms with Crippen molar-refractivity contribution in [1.82, 2.24) is 4.90 Å². The van der Waals surface area contributed by atoms with Gasteiger partial charge in [-0.25, -0.2) is 17.9 Å². The first-order valence-corrected chi connectivity index (χ1v) is 7.88. The van der Waals surface area contributed by atoms with Crippen LogP contribution in [-0.2, 0) is 14.8 Å². The Bertz CT molecular complexity index is 604. The maximum absolute atomic E-state index is 13.7. The van der Waals surface area contributed by atoms with E-state index in [9.17, 15) is 17.2 Å². The molecule has 1 saturated heterocycles. The first-order valence-electron chi connectivity index (χ1n) is 6.33. The second-order valence-electron chi connectivity index (χ2n) is 4.54. The maximum Gasteiger partial charge on any atom is 0.241 e. The molecule has 1 fully saturated rings. The van der Waals surface area contributed by atoms with Crippen LogP contribution in [0.15, 0.2) is 17.0 Å². The SMILES string of the molecule is NS(=O)(=O)c1ccc(OCCN2CCOCC2)c(F)c1F. The lowest BCUT2D eigenvalue weighted by molar-refractivity contribution is 0.0320. The van der Waals surface area contributed by atoms with E-state index in [1.807, 2.05) is 0 Å². The van der Waals surface area contributed by atoms with Gasteiger partial charge in [0.15, 0.2) is 11.6 Å². The first kappa shape index (κ1) is 16.1. The second kappa shape index (κ2) is 6.65. The number of nitrogens with zero attached hydrogens (tertiary/aromatic N) is 1. The van der Waals surface area contributed by atoms with Gasteiger partial charge in [-0.1, -0.05) is 0 Å². The predicted octanol–water partition coefficient (Wildman–Crippen LogP) is 0.323. The normalized spacial score (nSPS) is 16.9. The fraction of sp³-hybridized carbons (Fsp3) is 0.500. The summed E-state index contributed by atoms with van der Waals surface area (Å²) in [5.74, 6) is -3.22. The highest BCUT2D eigenvalue weighted by molar-refractivity contribution is 7.89. The van der Waals surface area contributed by atoms with Gasteiger partial charge in [0.25, 0.3) is 0 Å². The van der Waals surface area contributed by atoms with Crippen molar-refractivity contribution < 1.29 is 26.7 Å². The molecular weight excluding hydrogens is 306 g/mol. The summed E-state index contributed by atoms with van der Waals surface area (Å²) in [5, 5.41) is 4.78. The van der Waals surface area contributed by atoms with Crippen molar-refractivity contribution >= 4 is 10.0 Å². The molecular formula is C12H16F2N2O4S. The quantitative estimate of drug-likeness (QED) is 0.844. The van der Waals surface area contributed by atoms with E-state index in [1.54, 1.807) is 0 Å². The van der Waals surface area contributed by atoms with Crippen LogP contribution in [-0.4, -0.2) is 52.8 Å². The van der Waals surface area contributed by atoms with E-state index in [2.05, 4.69) is 4.90 Å². The van der Waals surface area contributed by atoms with Crippen LogP contribution >= 0.6 is 0 Å². The first-order chi connectivity index (χ1) is 9.89. The molecule has 21 heavy (non-hydrogen) atoms. The van der Waals surface area contributed by atoms with Crippen molar-refractivity contribution in [1.29, 1.82) is 0 Å². The van der Waals surface area contributed by atoms with Crippen LogP contribution in [0, 0.1) is 11.6 Å². The maximum atomic E-state index is 13.7. The largest absolute Gasteiger partial charge is 0.489 e. The van der Waals surface area contributed by atoms with E-state index in [4.69, 9.17) is 14.6 Å². The Labute approximate surface area is 121 Å². The van der Waals surface area contributed by atoms with Crippen molar-refractivity contribution in [3.8, 4) is 5.75 Å². The van der Waals surface area contributed by atoms with E-state index >= 15 is 0 Å². The van der Waals surface area contributed by atoms with Crippen molar-refractivity contribution in [2.24, 2.45) is 5.14 Å². The highest BCUT2D eigenvalue weighted by Crippen LogP contribution is 2.24. The number of halogens is 2. The molecule has 0 saturated carbocycles. The van der Waals surface area contributed by atoms with Crippen molar-refractivity contribution in [2.45, 2.75) is 4.90 Å². The summed E-state index contributed by atoms with van der Waals surface area (Å²) in [5.41, 5.74) is 0. The fourth-order valence-corrected chi connectivity index (χ4v) is 2.55. The number of benzene rings is 1. The topological polar surface area (TPSA) is 81.9 Å². The van der Waals surface area contributed by atoms with Crippen LogP contribution in [0.5, 0.6) is 5.75 Å². The predicted molar refractivity (Wildman–Crippen MR) is 70.5 cm³/mol. The van der Waals surface area contributed by atoms with E-state index in [1.165, 1.54) is 0 Å². The molecule has 1 aliphatic rings. The summed E-state index contributed by atoms with van der Waals surface area (Å²) in [6, 6.07) is 1.94. The van der Waals surface area contributed by atoms with Crippen molar-refractivity contribution in [3.63, 3.8) is 0 Å². The molecule has 1 heterocycles. The number of primary sulfonamides is 1. The minimum Gasteiger partial charge on any atom is -0.489 e. The molecule has 9 heteroatoms. The highest BCUT2D eigenvalue weighted by Gasteiger charge is 2.21. The van der Waals surface area contributed by atoms with Crippen molar-refractivity contribution in [3.05, 3.63) is 23.8 Å². The van der Waals surface area contributed by atoms with Crippen LogP contribution < -0.4 is 9.88 Å². The number of morpholine rings is 1. The lowest BCUT2D eigenvalue weighted by Crippen LogP contribution is -2.38. The van der Waals surface area contributed by atoms with Gasteiger partial charge in [0.05, 0.1) is 13.2 Å². The van der Waals surface area contributed by atoms with Gasteiger partial charge < -0.3 is 9.47 Å². The van der Waals surface area contributed by atoms with Crippen LogP contribution in [0.25, 0.3) is 0 Å². The van der Waals surface area contributed by atoms with E-state index in [-0.39, 0.29) is 12.4 Å². The van der Waals surface area contributed by atoms with Crippen LogP contribution in [0.2, 0.25) is 0 Å². The standard InChI is InChI=1S/C12H16F2N2O4S/c13-11-9(1-2-10(12(11)14)21(15,17)18)20-8-5-16-3-6-19-7-4-16/h1-2H,3-8H2,(H2,15,17,18). The zero-order valence-corrected chi connectivity index (χ0v) is 12.0. The summed E-state index contributed by atoms with van der Waals surface area (Å²) in [6.07, 6.45) is 0. The molecule has 0 aliphatic carbocycles. The van der Waals surface area contributed by atoms with Gasteiger partial charge in [0.2, 0.25) is 15.8 Å². The Hall–Kier alpha value is -1.29. The molecule has 0 unspecified atom stereocenters. The van der Waals surface area contributed by atoms with Gasteiger partial charge in [-0.05, 0) is 12.1 Å². The molecule has 1 aliphatic heterocycles. The lowest BCUT2D eigenvalue weighted by Gasteiger charge is -2.26. The molecule has 0 spiro atoms. The molecule has 0 bridgehead atoms. The fourth-order valence-electron chi connectivity index (χ4n) is 1.95. The molecule has 1 aromatic carbocycles. The van der Waals surface area contributed by atoms with Gasteiger partial charge in [-0.3, -0.25) is 4.90 Å². The minimum absolute atomic E-state index is 0.158. The number of hydrogen-bond acceptors (Lipinski definition) is 5. The number of hydrogen-bond donors (Lipinski definition) is 1. The minimum atomic E-state index is -4.30. The van der Waals surface area contributed by atoms with Crippen LogP contribution in [0.3, 0.4) is 0 Å². The Morgan fingerprint density at radius 2 is 1.90 bits per heavy atom. The van der Waals surface area contributed by atoms with Gasteiger partial charge in [-0.2, -0.15) is 4.39 Å². The van der Waals surface area contributed by atoms with Gasteiger partial charge in [0, 0.05) is 19.6 Å². The van der Waals surface area contributed by atoms with E-state index in [0.717, 1.165) is 25.2 Å². The summed E-state index contributed by atoms with van der Waals surface area (Å²) < 4.78 is 59.7. The Balaban J connectivity index is 1.99. The monoisotopic (exact) mass is 322 g/mol. The molecule has 2 rings (SSSR count). The van der Waals surface area contributed by atoms with E-state index < -0.39 is 26.6 Å². The molecule has 0 atom stereocenters. The number of rotatable bonds is 5. The van der Waals surface area contributed by atoms with Crippen molar-refractivity contribution in [2.75, 3.05) is 39.5 Å². The lowest BCUT2D eigenvalue weighted by atomic mass is 10.3. The Morgan fingerprint density at radius 3 is 2.52 bits per heavy atom. The average Bonchev–Trinajstić information content (AvgIpc) is 2.43. The average molecular weight is 322 g/mol. The summed E-state index contributed by atoms with van der Waals surface area (Å²) >= 11 is 0. The number of ether oxygens (including phenoxy) is 2. The zero-order chi connectivity index (χ0) is 15.5. The Morgan fingerprint density at radius 1 is 1.24 bits per heavy atom. The highest BCUT2D eigenvalue weighted by atomic mass is 32.2. The second-order valence-corrected chi connectivity index (χ2v) is 6.07. The van der Waals surface area contributed by atoms with Crippen LogP contribution in [0.1, 0.15) is 0 Å². The smallest absolute Gasteiger partial charge is 0.241 e.